The third kappa shape index (κ3) is 2.18. The van der Waals surface area contributed by atoms with Crippen LogP contribution in [0.1, 0.15) is 11.1 Å². The van der Waals surface area contributed by atoms with E-state index >= 15 is 0 Å². The average molecular weight is 390 g/mol. The average Bonchev–Trinajstić information content (AvgIpc) is 2.96. The predicted molar refractivity (Wildman–Crippen MR) is 102 cm³/mol. The zero-order valence-electron chi connectivity index (χ0n) is 13.0. The van der Waals surface area contributed by atoms with Crippen molar-refractivity contribution < 1.29 is 0 Å². The number of benzene rings is 2. The Morgan fingerprint density at radius 2 is 1.84 bits per heavy atom. The van der Waals surface area contributed by atoms with Crippen LogP contribution in [0.5, 0.6) is 0 Å². The molecule has 2 N–H and O–H groups in total. The van der Waals surface area contributed by atoms with Gasteiger partial charge in [-0.2, -0.15) is 0 Å². The van der Waals surface area contributed by atoms with Crippen LogP contribution < -0.4 is 5.73 Å². The standard InChI is InChI=1S/C19H12BrN5/c20-12-5-3-4-11(10-12)16-14-8-9-25-18(14)17(23-19(21)24-25)13-6-1-2-7-15(13)22-16/h1-10H,(H2,21,24). The van der Waals surface area contributed by atoms with Crippen molar-refractivity contribution in [1.29, 1.82) is 0 Å². The molecule has 0 unspecified atom stereocenters. The molecule has 0 amide bonds. The molecule has 120 valence electrons. The van der Waals surface area contributed by atoms with E-state index in [1.807, 2.05) is 48.7 Å². The van der Waals surface area contributed by atoms with Crippen LogP contribution in [-0.4, -0.2) is 20.3 Å². The lowest BCUT2D eigenvalue weighted by Gasteiger charge is -2.06. The van der Waals surface area contributed by atoms with Crippen LogP contribution in [0.2, 0.25) is 0 Å². The maximum absolute atomic E-state index is 5.92. The number of fused-ring (bicyclic) bond motifs is 2. The minimum Gasteiger partial charge on any atom is -0.367 e. The third-order valence-electron chi connectivity index (χ3n) is 4.27. The summed E-state index contributed by atoms with van der Waals surface area (Å²) >= 11 is 3.55. The van der Waals surface area contributed by atoms with Gasteiger partial charge in [-0.05, 0) is 24.3 Å². The first-order valence-electron chi connectivity index (χ1n) is 7.80. The molecule has 0 spiro atoms. The summed E-state index contributed by atoms with van der Waals surface area (Å²) in [5.41, 5.74) is 12.4. The SMILES string of the molecule is Nc1nc2c3c(ccn3n1)C(c1cccc(Br)c1)=Nc1ccccc1-2. The maximum Gasteiger partial charge on any atom is 0.238 e. The van der Waals surface area contributed by atoms with Gasteiger partial charge in [0.25, 0.3) is 0 Å². The molecule has 1 aliphatic rings. The predicted octanol–water partition coefficient (Wildman–Crippen LogP) is 4.22. The smallest absolute Gasteiger partial charge is 0.238 e. The molecule has 0 atom stereocenters. The fraction of sp³-hybridized carbons (Fsp3) is 0. The van der Waals surface area contributed by atoms with Crippen LogP contribution in [0.4, 0.5) is 11.6 Å². The molecule has 0 fully saturated rings. The molecule has 2 aromatic heterocycles. The number of aliphatic imine (C=N–C) groups is 1. The number of nitrogens with zero attached hydrogens (tertiary/aromatic N) is 4. The Labute approximate surface area is 152 Å². The molecule has 4 aromatic rings. The van der Waals surface area contributed by atoms with Gasteiger partial charge >= 0.3 is 0 Å². The van der Waals surface area contributed by atoms with E-state index in [1.54, 1.807) is 4.52 Å². The van der Waals surface area contributed by atoms with Crippen molar-refractivity contribution in [2.24, 2.45) is 4.99 Å². The van der Waals surface area contributed by atoms with Crippen LogP contribution in [0.25, 0.3) is 16.8 Å². The lowest BCUT2D eigenvalue weighted by Crippen LogP contribution is -2.05. The second kappa shape index (κ2) is 5.26. The van der Waals surface area contributed by atoms with Crippen molar-refractivity contribution in [3.63, 3.8) is 0 Å². The van der Waals surface area contributed by atoms with Gasteiger partial charge in [-0.3, -0.25) is 0 Å². The lowest BCUT2D eigenvalue weighted by atomic mass is 10.0. The quantitative estimate of drug-likeness (QED) is 0.466. The van der Waals surface area contributed by atoms with Crippen LogP contribution in [0.3, 0.4) is 0 Å². The second-order valence-corrected chi connectivity index (χ2v) is 6.74. The van der Waals surface area contributed by atoms with E-state index in [0.717, 1.165) is 43.8 Å². The van der Waals surface area contributed by atoms with E-state index in [1.165, 1.54) is 0 Å². The first-order chi connectivity index (χ1) is 12.2. The number of hydrogen-bond acceptors (Lipinski definition) is 4. The summed E-state index contributed by atoms with van der Waals surface area (Å²) in [6, 6.07) is 18.1. The highest BCUT2D eigenvalue weighted by Crippen LogP contribution is 2.38. The molecule has 6 heteroatoms. The van der Waals surface area contributed by atoms with Gasteiger partial charge in [0.1, 0.15) is 11.2 Å². The molecule has 0 saturated carbocycles. The van der Waals surface area contributed by atoms with Gasteiger partial charge in [0.15, 0.2) is 0 Å². The molecule has 2 aromatic carbocycles. The topological polar surface area (TPSA) is 68.6 Å². The van der Waals surface area contributed by atoms with Gasteiger partial charge in [-0.25, -0.2) is 14.5 Å². The van der Waals surface area contributed by atoms with E-state index < -0.39 is 0 Å². The molecule has 3 heterocycles. The normalized spacial score (nSPS) is 12.6. The summed E-state index contributed by atoms with van der Waals surface area (Å²) in [6.45, 7) is 0. The number of nitrogens with two attached hydrogens (primary N) is 1. The molecule has 5 nitrogen and oxygen atoms in total. The minimum absolute atomic E-state index is 0.241. The molecular formula is C19H12BrN5. The Bertz CT molecular complexity index is 1180. The van der Waals surface area contributed by atoms with Gasteiger partial charge in [-0.15, -0.1) is 5.10 Å². The first-order valence-corrected chi connectivity index (χ1v) is 8.59. The number of anilines is 1. The van der Waals surface area contributed by atoms with Crippen LogP contribution in [-0.2, 0) is 0 Å². The van der Waals surface area contributed by atoms with Crippen molar-refractivity contribution in [3.05, 3.63) is 76.4 Å². The summed E-state index contributed by atoms with van der Waals surface area (Å²) in [7, 11) is 0. The number of hydrogen-bond donors (Lipinski definition) is 1. The molecule has 0 radical (unpaired) electrons. The first kappa shape index (κ1) is 14.4. The van der Waals surface area contributed by atoms with Crippen molar-refractivity contribution in [3.8, 4) is 11.3 Å². The largest absolute Gasteiger partial charge is 0.367 e. The highest BCUT2D eigenvalue weighted by molar-refractivity contribution is 9.10. The zero-order chi connectivity index (χ0) is 17.0. The lowest BCUT2D eigenvalue weighted by molar-refractivity contribution is 0.920. The van der Waals surface area contributed by atoms with Gasteiger partial charge in [-0.1, -0.05) is 46.3 Å². The van der Waals surface area contributed by atoms with E-state index in [0.29, 0.717) is 0 Å². The number of para-hydroxylation sites is 1. The van der Waals surface area contributed by atoms with Crippen molar-refractivity contribution in [1.82, 2.24) is 14.6 Å². The zero-order valence-corrected chi connectivity index (χ0v) is 14.6. The number of rotatable bonds is 1. The van der Waals surface area contributed by atoms with Crippen LogP contribution in [0.15, 0.2) is 70.3 Å². The van der Waals surface area contributed by atoms with Crippen molar-refractivity contribution in [2.45, 2.75) is 0 Å². The molecule has 25 heavy (non-hydrogen) atoms. The van der Waals surface area contributed by atoms with Gasteiger partial charge < -0.3 is 5.73 Å². The highest BCUT2D eigenvalue weighted by atomic mass is 79.9. The summed E-state index contributed by atoms with van der Waals surface area (Å²) in [4.78, 5) is 9.48. The summed E-state index contributed by atoms with van der Waals surface area (Å²) in [6.07, 6.45) is 1.90. The van der Waals surface area contributed by atoms with Crippen LogP contribution in [0, 0.1) is 0 Å². The second-order valence-electron chi connectivity index (χ2n) is 5.83. The molecule has 0 bridgehead atoms. The van der Waals surface area contributed by atoms with Crippen molar-refractivity contribution >= 4 is 38.8 Å². The molecule has 5 rings (SSSR count). The van der Waals surface area contributed by atoms with Crippen LogP contribution >= 0.6 is 15.9 Å². The third-order valence-corrected chi connectivity index (χ3v) is 4.77. The van der Waals surface area contributed by atoms with E-state index in [2.05, 4.69) is 38.1 Å². The Morgan fingerprint density at radius 3 is 2.72 bits per heavy atom. The number of nitrogen functional groups attached to an aromatic ring is 1. The molecule has 0 saturated heterocycles. The highest BCUT2D eigenvalue weighted by Gasteiger charge is 2.23. The fourth-order valence-electron chi connectivity index (χ4n) is 3.23. The minimum atomic E-state index is 0.241. The fourth-order valence-corrected chi connectivity index (χ4v) is 3.63. The number of halogens is 1. The number of aromatic nitrogens is 3. The molecule has 0 aliphatic carbocycles. The summed E-state index contributed by atoms with van der Waals surface area (Å²) in [5, 5.41) is 4.32. The Kier molecular flexibility index (Phi) is 3.02. The van der Waals surface area contributed by atoms with Gasteiger partial charge in [0, 0.05) is 27.4 Å². The van der Waals surface area contributed by atoms with E-state index in [4.69, 9.17) is 10.7 Å². The molecular weight excluding hydrogens is 378 g/mol. The van der Waals surface area contributed by atoms with Gasteiger partial charge in [0.2, 0.25) is 5.95 Å². The summed E-state index contributed by atoms with van der Waals surface area (Å²) in [5.74, 6) is 0.241. The van der Waals surface area contributed by atoms with Crippen molar-refractivity contribution in [2.75, 3.05) is 5.73 Å². The Morgan fingerprint density at radius 1 is 0.960 bits per heavy atom. The molecule has 1 aliphatic heterocycles. The summed E-state index contributed by atoms with van der Waals surface area (Å²) < 4.78 is 2.79. The van der Waals surface area contributed by atoms with E-state index in [-0.39, 0.29) is 5.95 Å². The monoisotopic (exact) mass is 389 g/mol. The maximum atomic E-state index is 5.92. The van der Waals surface area contributed by atoms with Gasteiger partial charge in [0.05, 0.1) is 11.4 Å². The van der Waals surface area contributed by atoms with E-state index in [9.17, 15) is 0 Å². The Hall–Kier alpha value is -2.99. The Balaban J connectivity index is 1.93.